The predicted molar refractivity (Wildman–Crippen MR) is 133 cm³/mol. The fourth-order valence-electron chi connectivity index (χ4n) is 4.20. The van der Waals surface area contributed by atoms with Crippen molar-refractivity contribution in [2.45, 2.75) is 135 Å². The normalized spacial score (nSPS) is 14.4. The van der Waals surface area contributed by atoms with E-state index in [2.05, 4.69) is 19.1 Å². The van der Waals surface area contributed by atoms with E-state index in [-0.39, 0.29) is 6.42 Å². The van der Waals surface area contributed by atoms with E-state index in [1.54, 1.807) is 0 Å². The van der Waals surface area contributed by atoms with E-state index in [1.165, 1.54) is 83.5 Å². The summed E-state index contributed by atoms with van der Waals surface area (Å²) in [5, 5.41) is 37.3. The van der Waals surface area contributed by atoms with Gasteiger partial charge in [0.05, 0.1) is 12.5 Å². The van der Waals surface area contributed by atoms with E-state index in [9.17, 15) is 19.8 Å². The van der Waals surface area contributed by atoms with Crippen LogP contribution in [0.15, 0.2) is 12.2 Å². The SMILES string of the molecule is CCCCCCCC/C=C\CCCCCCCCCCCCC(C(=O)O)C(O)(CO)C(=O)O. The summed E-state index contributed by atoms with van der Waals surface area (Å²) in [5.41, 5.74) is -2.62. The molecule has 0 fully saturated rings. The largest absolute Gasteiger partial charge is 0.481 e. The van der Waals surface area contributed by atoms with Gasteiger partial charge < -0.3 is 20.4 Å². The van der Waals surface area contributed by atoms with Gasteiger partial charge in [0.2, 0.25) is 0 Å². The van der Waals surface area contributed by atoms with Gasteiger partial charge in [-0.2, -0.15) is 0 Å². The topological polar surface area (TPSA) is 115 Å². The summed E-state index contributed by atoms with van der Waals surface area (Å²) < 4.78 is 0. The lowest BCUT2D eigenvalue weighted by Gasteiger charge is -2.27. The fraction of sp³-hybridized carbons (Fsp3) is 0.852. The number of carboxylic acids is 2. The molecular formula is C27H50O6. The van der Waals surface area contributed by atoms with E-state index in [0.29, 0.717) is 6.42 Å². The highest BCUT2D eigenvalue weighted by Gasteiger charge is 2.47. The summed E-state index contributed by atoms with van der Waals surface area (Å²) in [6.45, 7) is 1.15. The average Bonchev–Trinajstić information content (AvgIpc) is 2.79. The Morgan fingerprint density at radius 2 is 1.09 bits per heavy atom. The average molecular weight is 471 g/mol. The Bertz CT molecular complexity index is 519. The maximum atomic E-state index is 11.3. The number of hydrogen-bond acceptors (Lipinski definition) is 4. The molecule has 33 heavy (non-hydrogen) atoms. The first-order valence-electron chi connectivity index (χ1n) is 13.3. The summed E-state index contributed by atoms with van der Waals surface area (Å²) >= 11 is 0. The number of unbranched alkanes of at least 4 members (excludes halogenated alkanes) is 16. The van der Waals surface area contributed by atoms with Gasteiger partial charge in [0, 0.05) is 0 Å². The Hall–Kier alpha value is -1.40. The highest BCUT2D eigenvalue weighted by atomic mass is 16.4. The maximum absolute atomic E-state index is 11.3. The molecule has 0 aliphatic carbocycles. The Morgan fingerprint density at radius 1 is 0.697 bits per heavy atom. The summed E-state index contributed by atoms with van der Waals surface area (Å²) in [4.78, 5) is 22.4. The monoisotopic (exact) mass is 470 g/mol. The van der Waals surface area contributed by atoms with Crippen molar-refractivity contribution in [2.24, 2.45) is 5.92 Å². The third-order valence-electron chi connectivity index (χ3n) is 6.49. The molecule has 0 aromatic heterocycles. The lowest BCUT2D eigenvalue weighted by Crippen LogP contribution is -2.52. The van der Waals surface area contributed by atoms with Crippen molar-refractivity contribution in [3.8, 4) is 0 Å². The van der Waals surface area contributed by atoms with E-state index >= 15 is 0 Å². The minimum atomic E-state index is -2.62. The van der Waals surface area contributed by atoms with Crippen LogP contribution in [0, 0.1) is 5.92 Å². The van der Waals surface area contributed by atoms with Gasteiger partial charge in [0.1, 0.15) is 0 Å². The number of allylic oxidation sites excluding steroid dienone is 2. The van der Waals surface area contributed by atoms with Gasteiger partial charge in [-0.15, -0.1) is 0 Å². The molecule has 6 nitrogen and oxygen atoms in total. The number of carbonyl (C=O) groups is 2. The van der Waals surface area contributed by atoms with Crippen molar-refractivity contribution in [3.05, 3.63) is 12.2 Å². The molecule has 194 valence electrons. The van der Waals surface area contributed by atoms with Crippen molar-refractivity contribution in [2.75, 3.05) is 6.61 Å². The zero-order valence-corrected chi connectivity index (χ0v) is 21.0. The van der Waals surface area contributed by atoms with Crippen LogP contribution in [0.2, 0.25) is 0 Å². The third-order valence-corrected chi connectivity index (χ3v) is 6.49. The van der Waals surface area contributed by atoms with Crippen molar-refractivity contribution in [1.29, 1.82) is 0 Å². The molecule has 0 spiro atoms. The van der Waals surface area contributed by atoms with Gasteiger partial charge in [0.15, 0.2) is 5.60 Å². The fourth-order valence-corrected chi connectivity index (χ4v) is 4.20. The molecule has 0 saturated carbocycles. The van der Waals surface area contributed by atoms with Gasteiger partial charge in [-0.1, -0.05) is 109 Å². The molecule has 0 amide bonds. The standard InChI is InChI=1S/C27H50O6/c1-2-3-4-5-6-7-8-9-10-11-12-13-14-15-16-17-18-19-20-21-22-24(25(29)30)27(33,23-28)26(31)32/h9-10,24,28,33H,2-8,11-23H2,1H3,(H,29,30)(H,31,32)/b10-9-. The van der Waals surface area contributed by atoms with Crippen LogP contribution in [0.4, 0.5) is 0 Å². The van der Waals surface area contributed by atoms with Gasteiger partial charge >= 0.3 is 11.9 Å². The molecule has 0 aliphatic heterocycles. The lowest BCUT2D eigenvalue weighted by atomic mass is 9.84. The second kappa shape index (κ2) is 21.2. The molecule has 0 aromatic carbocycles. The number of rotatable bonds is 24. The van der Waals surface area contributed by atoms with Gasteiger partial charge in [-0.25, -0.2) is 4.79 Å². The van der Waals surface area contributed by atoms with Crippen molar-refractivity contribution in [1.82, 2.24) is 0 Å². The molecule has 2 unspecified atom stereocenters. The molecule has 4 N–H and O–H groups in total. The van der Waals surface area contributed by atoms with E-state index < -0.39 is 30.1 Å². The highest BCUT2D eigenvalue weighted by Crippen LogP contribution is 2.25. The van der Waals surface area contributed by atoms with Crippen molar-refractivity contribution in [3.63, 3.8) is 0 Å². The number of aliphatic hydroxyl groups excluding tert-OH is 1. The molecule has 0 heterocycles. The molecule has 0 bridgehead atoms. The van der Waals surface area contributed by atoms with Crippen LogP contribution in [0.3, 0.4) is 0 Å². The third kappa shape index (κ3) is 16.0. The molecule has 0 aliphatic rings. The van der Waals surface area contributed by atoms with Gasteiger partial charge in [-0.05, 0) is 32.1 Å². The Kier molecular flexibility index (Phi) is 20.3. The second-order valence-electron chi connectivity index (χ2n) is 9.42. The molecule has 0 rings (SSSR count). The van der Waals surface area contributed by atoms with Crippen LogP contribution < -0.4 is 0 Å². The van der Waals surface area contributed by atoms with Crippen LogP contribution in [0.5, 0.6) is 0 Å². The van der Waals surface area contributed by atoms with E-state index in [0.717, 1.165) is 25.7 Å². The maximum Gasteiger partial charge on any atom is 0.339 e. The minimum absolute atomic E-state index is 0.0477. The highest BCUT2D eigenvalue weighted by molar-refractivity contribution is 5.85. The van der Waals surface area contributed by atoms with Crippen LogP contribution in [0.25, 0.3) is 0 Å². The molecule has 0 saturated heterocycles. The van der Waals surface area contributed by atoms with E-state index in [1.807, 2.05) is 0 Å². The first-order valence-corrected chi connectivity index (χ1v) is 13.3. The Balaban J connectivity index is 3.55. The van der Waals surface area contributed by atoms with Crippen molar-refractivity contribution >= 4 is 11.9 Å². The first kappa shape index (κ1) is 31.6. The summed E-state index contributed by atoms with van der Waals surface area (Å²) in [6.07, 6.45) is 26.2. The Labute approximate surface area is 201 Å². The number of aliphatic hydroxyl groups is 2. The number of carboxylic acid groups (broad SMARTS) is 2. The zero-order chi connectivity index (χ0) is 24.8. The summed E-state index contributed by atoms with van der Waals surface area (Å²) in [6, 6.07) is 0. The molecular weight excluding hydrogens is 420 g/mol. The van der Waals surface area contributed by atoms with Crippen molar-refractivity contribution < 1.29 is 30.0 Å². The van der Waals surface area contributed by atoms with Crippen LogP contribution >= 0.6 is 0 Å². The minimum Gasteiger partial charge on any atom is -0.481 e. The molecule has 2 atom stereocenters. The van der Waals surface area contributed by atoms with E-state index in [4.69, 9.17) is 10.2 Å². The smallest absolute Gasteiger partial charge is 0.339 e. The quantitative estimate of drug-likeness (QED) is 0.0947. The molecule has 6 heteroatoms. The Morgan fingerprint density at radius 3 is 1.45 bits per heavy atom. The second-order valence-corrected chi connectivity index (χ2v) is 9.42. The molecule has 0 radical (unpaired) electrons. The lowest BCUT2D eigenvalue weighted by molar-refractivity contribution is -0.180. The summed E-state index contributed by atoms with van der Waals surface area (Å²) in [5.74, 6) is -4.57. The number of hydrogen-bond donors (Lipinski definition) is 4. The summed E-state index contributed by atoms with van der Waals surface area (Å²) in [7, 11) is 0. The van der Waals surface area contributed by atoms with Crippen LogP contribution in [0.1, 0.15) is 129 Å². The molecule has 0 aromatic rings. The zero-order valence-electron chi connectivity index (χ0n) is 21.0. The van der Waals surface area contributed by atoms with Gasteiger partial charge in [0.25, 0.3) is 0 Å². The number of aliphatic carboxylic acids is 2. The van der Waals surface area contributed by atoms with Crippen LogP contribution in [-0.2, 0) is 9.59 Å². The predicted octanol–water partition coefficient (Wildman–Crippen LogP) is 6.48. The first-order chi connectivity index (χ1) is 15.9. The van der Waals surface area contributed by atoms with Crippen LogP contribution in [-0.4, -0.2) is 44.6 Å². The van der Waals surface area contributed by atoms with Gasteiger partial charge in [-0.3, -0.25) is 4.79 Å².